The van der Waals surface area contributed by atoms with Gasteiger partial charge >= 0.3 is 12.2 Å². The molecule has 0 aliphatic carbocycles. The molecule has 2 amide bonds. The number of halogens is 4. The molecule has 2 rings (SSSR count). The number of aliphatic hydroxyl groups is 1. The molecular formula is C18H20BrF3N2O3. The molecule has 0 aliphatic heterocycles. The number of furan rings is 1. The highest BCUT2D eigenvalue weighted by atomic mass is 79.9. The van der Waals surface area contributed by atoms with Crippen LogP contribution in [0, 0.1) is 6.92 Å². The van der Waals surface area contributed by atoms with Gasteiger partial charge in [-0.05, 0) is 36.8 Å². The second kappa shape index (κ2) is 8.35. The number of urea groups is 1. The smallest absolute Gasteiger partial charge is 0.424 e. The van der Waals surface area contributed by atoms with Crippen molar-refractivity contribution < 1.29 is 27.5 Å². The van der Waals surface area contributed by atoms with E-state index >= 15 is 0 Å². The largest absolute Gasteiger partial charge is 0.463 e. The topological polar surface area (TPSA) is 65.7 Å². The average Bonchev–Trinajstić information content (AvgIpc) is 3.02. The average molecular weight is 449 g/mol. The molecule has 27 heavy (non-hydrogen) atoms. The number of hydrogen-bond acceptors (Lipinski definition) is 3. The van der Waals surface area contributed by atoms with E-state index in [9.17, 15) is 23.1 Å². The van der Waals surface area contributed by atoms with E-state index < -0.39 is 30.0 Å². The maximum atomic E-state index is 13.4. The molecule has 0 aliphatic rings. The van der Waals surface area contributed by atoms with E-state index in [2.05, 4.69) is 21.2 Å². The minimum atomic E-state index is -4.94. The summed E-state index contributed by atoms with van der Waals surface area (Å²) in [6.45, 7) is 1.40. The Balaban J connectivity index is 1.95. The molecule has 1 aromatic heterocycles. The Morgan fingerprint density at radius 3 is 2.37 bits per heavy atom. The molecule has 0 saturated carbocycles. The molecule has 2 aromatic rings. The fraction of sp³-hybridized carbons (Fsp3) is 0.389. The van der Waals surface area contributed by atoms with Gasteiger partial charge in [-0.15, -0.1) is 0 Å². The summed E-state index contributed by atoms with van der Waals surface area (Å²) in [6.07, 6.45) is -5.70. The zero-order valence-electron chi connectivity index (χ0n) is 14.8. The Hall–Kier alpha value is -2.00. The number of amides is 2. The van der Waals surface area contributed by atoms with Gasteiger partial charge in [0.15, 0.2) is 0 Å². The second-order valence-electron chi connectivity index (χ2n) is 6.23. The number of nitrogens with one attached hydrogen (secondary N) is 1. The summed E-state index contributed by atoms with van der Waals surface area (Å²) in [5.41, 5.74) is -2.30. The number of carbonyl (C=O) groups excluding carboxylic acids is 1. The van der Waals surface area contributed by atoms with Crippen molar-refractivity contribution in [2.45, 2.75) is 31.7 Å². The first-order valence-electron chi connectivity index (χ1n) is 8.12. The zero-order chi connectivity index (χ0) is 20.2. The SMILES string of the molecule is Cc1ccc(C(O)(CCNC(=O)N(C)Cc2ccc(Br)cc2)C(F)(F)F)o1. The number of aryl methyl sites for hydroxylation is 1. The van der Waals surface area contributed by atoms with Crippen molar-refractivity contribution in [1.82, 2.24) is 10.2 Å². The lowest BCUT2D eigenvalue weighted by Crippen LogP contribution is -2.46. The lowest BCUT2D eigenvalue weighted by Gasteiger charge is -2.29. The Labute approximate surface area is 163 Å². The van der Waals surface area contributed by atoms with Crippen LogP contribution in [0.5, 0.6) is 0 Å². The first kappa shape index (κ1) is 21.3. The minimum Gasteiger partial charge on any atom is -0.463 e. The third-order valence-electron chi connectivity index (χ3n) is 4.06. The van der Waals surface area contributed by atoms with Crippen molar-refractivity contribution in [3.63, 3.8) is 0 Å². The van der Waals surface area contributed by atoms with Gasteiger partial charge in [-0.2, -0.15) is 13.2 Å². The van der Waals surface area contributed by atoms with Crippen LogP contribution in [0.3, 0.4) is 0 Å². The highest BCUT2D eigenvalue weighted by Crippen LogP contribution is 2.42. The van der Waals surface area contributed by atoms with Crippen molar-refractivity contribution in [2.24, 2.45) is 0 Å². The molecule has 2 N–H and O–H groups in total. The van der Waals surface area contributed by atoms with E-state index in [1.54, 1.807) is 0 Å². The van der Waals surface area contributed by atoms with Gasteiger partial charge in [-0.3, -0.25) is 0 Å². The van der Waals surface area contributed by atoms with Crippen LogP contribution in [-0.2, 0) is 12.1 Å². The molecule has 148 valence electrons. The third kappa shape index (κ3) is 5.26. The number of rotatable bonds is 6. The molecule has 5 nitrogen and oxygen atoms in total. The molecule has 1 atom stereocenters. The van der Waals surface area contributed by atoms with Crippen molar-refractivity contribution in [1.29, 1.82) is 0 Å². The summed E-state index contributed by atoms with van der Waals surface area (Å²) >= 11 is 3.31. The Morgan fingerprint density at radius 1 is 1.22 bits per heavy atom. The Bertz CT molecular complexity index is 777. The van der Waals surface area contributed by atoms with E-state index in [1.807, 2.05) is 24.3 Å². The summed E-state index contributed by atoms with van der Waals surface area (Å²) < 4.78 is 46.0. The van der Waals surface area contributed by atoms with E-state index in [4.69, 9.17) is 4.42 Å². The van der Waals surface area contributed by atoms with Gasteiger partial charge < -0.3 is 19.7 Å². The van der Waals surface area contributed by atoms with Gasteiger partial charge in [0.05, 0.1) is 0 Å². The van der Waals surface area contributed by atoms with Gasteiger partial charge in [0.2, 0.25) is 5.60 Å². The van der Waals surface area contributed by atoms with Crippen molar-refractivity contribution >= 4 is 22.0 Å². The Kier molecular flexibility index (Phi) is 6.59. The molecule has 1 aromatic carbocycles. The van der Waals surface area contributed by atoms with Gasteiger partial charge in [0.25, 0.3) is 0 Å². The maximum Gasteiger partial charge on any atom is 0.424 e. The van der Waals surface area contributed by atoms with Crippen molar-refractivity contribution in [3.05, 3.63) is 58.0 Å². The van der Waals surface area contributed by atoms with Crippen molar-refractivity contribution in [2.75, 3.05) is 13.6 Å². The van der Waals surface area contributed by atoms with Crippen LogP contribution in [0.25, 0.3) is 0 Å². The number of alkyl halides is 3. The summed E-state index contributed by atoms with van der Waals surface area (Å²) in [4.78, 5) is 13.4. The number of carbonyl (C=O) groups is 1. The normalized spacial score (nSPS) is 13.9. The molecule has 0 fully saturated rings. The number of nitrogens with zero attached hydrogens (tertiary/aromatic N) is 1. The van der Waals surface area contributed by atoms with E-state index in [0.29, 0.717) is 6.54 Å². The highest BCUT2D eigenvalue weighted by molar-refractivity contribution is 9.10. The first-order chi connectivity index (χ1) is 12.5. The molecule has 9 heteroatoms. The van der Waals surface area contributed by atoms with Crippen molar-refractivity contribution in [3.8, 4) is 0 Å². The summed E-state index contributed by atoms with van der Waals surface area (Å²) in [6, 6.07) is 9.20. The third-order valence-corrected chi connectivity index (χ3v) is 4.59. The van der Waals surface area contributed by atoms with Crippen LogP contribution in [0.15, 0.2) is 45.3 Å². The van der Waals surface area contributed by atoms with Gasteiger partial charge in [0.1, 0.15) is 11.5 Å². The van der Waals surface area contributed by atoms with Crippen LogP contribution in [0.1, 0.15) is 23.5 Å². The fourth-order valence-electron chi connectivity index (χ4n) is 2.48. The van der Waals surface area contributed by atoms with Gasteiger partial charge in [0, 0.05) is 31.0 Å². The first-order valence-corrected chi connectivity index (χ1v) is 8.91. The zero-order valence-corrected chi connectivity index (χ0v) is 16.4. The van der Waals surface area contributed by atoms with E-state index in [0.717, 1.165) is 16.1 Å². The van der Waals surface area contributed by atoms with Crippen LogP contribution in [-0.4, -0.2) is 35.8 Å². The summed E-state index contributed by atoms with van der Waals surface area (Å²) in [5, 5.41) is 12.6. The molecular weight excluding hydrogens is 429 g/mol. The minimum absolute atomic E-state index is 0.256. The van der Waals surface area contributed by atoms with E-state index in [1.165, 1.54) is 24.9 Å². The van der Waals surface area contributed by atoms with Crippen LogP contribution in [0.2, 0.25) is 0 Å². The quantitative estimate of drug-likeness (QED) is 0.690. The lowest BCUT2D eigenvalue weighted by atomic mass is 9.96. The molecule has 1 unspecified atom stereocenters. The van der Waals surface area contributed by atoms with Crippen LogP contribution >= 0.6 is 15.9 Å². The standard InChI is InChI=1S/C18H20BrF3N2O3/c1-12-3-8-15(27-12)17(26,18(20,21)22)9-10-23-16(25)24(2)11-13-4-6-14(19)7-5-13/h3-8,26H,9-11H2,1-2H3,(H,23,25). The van der Waals surface area contributed by atoms with Crippen LogP contribution in [0.4, 0.5) is 18.0 Å². The molecule has 0 saturated heterocycles. The van der Waals surface area contributed by atoms with E-state index in [-0.39, 0.29) is 12.3 Å². The van der Waals surface area contributed by atoms with Crippen LogP contribution < -0.4 is 5.32 Å². The Morgan fingerprint density at radius 2 is 1.85 bits per heavy atom. The predicted molar refractivity (Wildman–Crippen MR) is 97.0 cm³/mol. The summed E-state index contributed by atoms with van der Waals surface area (Å²) in [5.74, 6) is -0.337. The monoisotopic (exact) mass is 448 g/mol. The number of benzene rings is 1. The molecule has 1 heterocycles. The fourth-order valence-corrected chi connectivity index (χ4v) is 2.75. The lowest BCUT2D eigenvalue weighted by molar-refractivity contribution is -0.274. The predicted octanol–water partition coefficient (Wildman–Crippen LogP) is 4.33. The maximum absolute atomic E-state index is 13.4. The molecule has 0 bridgehead atoms. The second-order valence-corrected chi connectivity index (χ2v) is 7.15. The highest BCUT2D eigenvalue weighted by Gasteiger charge is 2.56. The molecule has 0 radical (unpaired) electrons. The summed E-state index contributed by atoms with van der Waals surface area (Å²) in [7, 11) is 1.53. The van der Waals surface area contributed by atoms with Gasteiger partial charge in [-0.1, -0.05) is 28.1 Å². The molecule has 0 spiro atoms. The number of hydrogen-bond donors (Lipinski definition) is 2. The van der Waals surface area contributed by atoms with Gasteiger partial charge in [-0.25, -0.2) is 4.79 Å².